The lowest BCUT2D eigenvalue weighted by Gasteiger charge is -2.06. The predicted molar refractivity (Wildman–Crippen MR) is 46.4 cm³/mol. The molecule has 0 radical (unpaired) electrons. The van der Waals surface area contributed by atoms with Gasteiger partial charge in [-0.1, -0.05) is 0 Å². The molecule has 0 aliphatic carbocycles. The van der Waals surface area contributed by atoms with Crippen molar-refractivity contribution in [2.24, 2.45) is 5.73 Å². The number of hydrogen-bond donors (Lipinski definition) is 2. The lowest BCUT2D eigenvalue weighted by atomic mass is 10.3. The van der Waals surface area contributed by atoms with Crippen LogP contribution in [0, 0.1) is 0 Å². The van der Waals surface area contributed by atoms with Crippen molar-refractivity contribution in [1.29, 1.82) is 0 Å². The summed E-state index contributed by atoms with van der Waals surface area (Å²) in [7, 11) is 0. The van der Waals surface area contributed by atoms with Gasteiger partial charge in [-0.15, -0.1) is 0 Å². The number of pyridine rings is 1. The molecule has 0 spiro atoms. The molecule has 1 aromatic rings. The van der Waals surface area contributed by atoms with E-state index in [-0.39, 0.29) is 17.9 Å². The highest BCUT2D eigenvalue weighted by molar-refractivity contribution is 5.56. The van der Waals surface area contributed by atoms with Crippen molar-refractivity contribution in [1.82, 2.24) is 4.57 Å². The van der Waals surface area contributed by atoms with Gasteiger partial charge in [-0.3, -0.25) is 4.79 Å². The highest BCUT2D eigenvalue weighted by atomic mass is 16.3. The molecule has 0 bridgehead atoms. The summed E-state index contributed by atoms with van der Waals surface area (Å²) in [4.78, 5) is 21.3. The number of aldehydes is 1. The molecular formula is C8H10N2O3. The minimum absolute atomic E-state index is 0.0964. The second-order valence-electron chi connectivity index (χ2n) is 2.68. The zero-order valence-electron chi connectivity index (χ0n) is 6.88. The quantitative estimate of drug-likeness (QED) is 0.592. The minimum atomic E-state index is -0.692. The van der Waals surface area contributed by atoms with Gasteiger partial charge in [0.15, 0.2) is 0 Å². The van der Waals surface area contributed by atoms with Crippen molar-refractivity contribution < 1.29 is 9.90 Å². The molecule has 0 amide bonds. The largest absolute Gasteiger partial charge is 0.508 e. The van der Waals surface area contributed by atoms with E-state index in [1.807, 2.05) is 0 Å². The van der Waals surface area contributed by atoms with Gasteiger partial charge < -0.3 is 20.2 Å². The Hall–Kier alpha value is -1.62. The van der Waals surface area contributed by atoms with Crippen LogP contribution in [-0.4, -0.2) is 22.0 Å². The normalized spacial score (nSPS) is 12.4. The third-order valence-electron chi connectivity index (χ3n) is 1.56. The Kier molecular flexibility index (Phi) is 2.81. The van der Waals surface area contributed by atoms with E-state index in [0.29, 0.717) is 6.29 Å². The van der Waals surface area contributed by atoms with Crippen LogP contribution in [0.4, 0.5) is 0 Å². The molecule has 0 aliphatic heterocycles. The molecule has 13 heavy (non-hydrogen) atoms. The molecule has 1 aromatic heterocycles. The third-order valence-corrected chi connectivity index (χ3v) is 1.56. The van der Waals surface area contributed by atoms with E-state index in [2.05, 4.69) is 0 Å². The second kappa shape index (κ2) is 3.86. The van der Waals surface area contributed by atoms with Crippen molar-refractivity contribution in [3.63, 3.8) is 0 Å². The van der Waals surface area contributed by atoms with Crippen LogP contribution in [0.1, 0.15) is 0 Å². The van der Waals surface area contributed by atoms with Crippen molar-refractivity contribution >= 4 is 6.29 Å². The molecule has 1 unspecified atom stereocenters. The fraction of sp³-hybridized carbons (Fsp3) is 0.250. The molecule has 5 nitrogen and oxygen atoms in total. The number of carbonyl (C=O) groups is 1. The monoisotopic (exact) mass is 182 g/mol. The molecule has 0 saturated carbocycles. The van der Waals surface area contributed by atoms with Gasteiger partial charge in [0.05, 0.1) is 6.04 Å². The summed E-state index contributed by atoms with van der Waals surface area (Å²) in [6, 6.07) is 1.73. The van der Waals surface area contributed by atoms with Crippen LogP contribution in [0.25, 0.3) is 0 Å². The predicted octanol–water partition coefficient (Wildman–Crippen LogP) is -0.920. The third kappa shape index (κ3) is 2.41. The van der Waals surface area contributed by atoms with Crippen molar-refractivity contribution in [2.45, 2.75) is 12.6 Å². The van der Waals surface area contributed by atoms with Gasteiger partial charge in [0.2, 0.25) is 0 Å². The summed E-state index contributed by atoms with van der Waals surface area (Å²) in [5.74, 6) is -0.0964. The molecule has 5 heteroatoms. The van der Waals surface area contributed by atoms with Crippen LogP contribution < -0.4 is 11.3 Å². The van der Waals surface area contributed by atoms with Crippen LogP contribution in [0.15, 0.2) is 23.1 Å². The second-order valence-corrected chi connectivity index (χ2v) is 2.68. The first-order chi connectivity index (χ1) is 6.13. The number of hydrogen-bond acceptors (Lipinski definition) is 4. The number of carbonyl (C=O) groups excluding carboxylic acids is 1. The highest BCUT2D eigenvalue weighted by Crippen LogP contribution is 2.00. The van der Waals surface area contributed by atoms with E-state index in [0.717, 1.165) is 6.07 Å². The molecule has 1 atom stereocenters. The Labute approximate surface area is 74.4 Å². The van der Waals surface area contributed by atoms with Gasteiger partial charge in [-0.2, -0.15) is 0 Å². The summed E-state index contributed by atoms with van der Waals surface area (Å²) in [6.07, 6.45) is 1.96. The lowest BCUT2D eigenvalue weighted by Crippen LogP contribution is -2.32. The molecule has 0 fully saturated rings. The molecule has 1 heterocycles. The molecule has 3 N–H and O–H groups in total. The maximum absolute atomic E-state index is 11.1. The summed E-state index contributed by atoms with van der Waals surface area (Å²) in [5.41, 5.74) is 4.94. The van der Waals surface area contributed by atoms with E-state index in [1.165, 1.54) is 16.8 Å². The Morgan fingerprint density at radius 1 is 1.69 bits per heavy atom. The molecular weight excluding hydrogens is 172 g/mol. The Balaban J connectivity index is 2.90. The van der Waals surface area contributed by atoms with Crippen LogP contribution >= 0.6 is 0 Å². The first kappa shape index (κ1) is 9.47. The van der Waals surface area contributed by atoms with E-state index in [4.69, 9.17) is 10.8 Å². The minimum Gasteiger partial charge on any atom is -0.508 e. The fourth-order valence-electron chi connectivity index (χ4n) is 0.918. The number of aromatic nitrogens is 1. The lowest BCUT2D eigenvalue weighted by molar-refractivity contribution is -0.109. The van der Waals surface area contributed by atoms with Gasteiger partial charge in [0, 0.05) is 18.8 Å². The van der Waals surface area contributed by atoms with Crippen molar-refractivity contribution in [2.75, 3.05) is 0 Å². The number of nitrogens with zero attached hydrogens (tertiary/aromatic N) is 1. The molecule has 0 saturated heterocycles. The number of rotatable bonds is 3. The van der Waals surface area contributed by atoms with Crippen LogP contribution in [0.5, 0.6) is 5.75 Å². The van der Waals surface area contributed by atoms with Crippen LogP contribution in [-0.2, 0) is 11.3 Å². The summed E-state index contributed by atoms with van der Waals surface area (Å²) < 4.78 is 1.26. The van der Waals surface area contributed by atoms with E-state index in [1.54, 1.807) is 0 Å². The van der Waals surface area contributed by atoms with Crippen molar-refractivity contribution in [3.05, 3.63) is 28.7 Å². The molecule has 0 aromatic carbocycles. The van der Waals surface area contributed by atoms with Gasteiger partial charge in [0.25, 0.3) is 5.56 Å². The smallest absolute Gasteiger partial charge is 0.254 e. The van der Waals surface area contributed by atoms with E-state index in [9.17, 15) is 9.59 Å². The molecule has 1 rings (SSSR count). The average Bonchev–Trinajstić information content (AvgIpc) is 2.09. The molecule has 0 aliphatic rings. The van der Waals surface area contributed by atoms with Crippen LogP contribution in [0.3, 0.4) is 0 Å². The van der Waals surface area contributed by atoms with Gasteiger partial charge >= 0.3 is 0 Å². The number of nitrogens with two attached hydrogens (primary N) is 1. The first-order valence-electron chi connectivity index (χ1n) is 3.74. The summed E-state index contributed by atoms with van der Waals surface area (Å²) in [5, 5.41) is 8.91. The fourth-order valence-corrected chi connectivity index (χ4v) is 0.918. The van der Waals surface area contributed by atoms with Crippen molar-refractivity contribution in [3.8, 4) is 5.75 Å². The Morgan fingerprint density at radius 3 is 2.92 bits per heavy atom. The van der Waals surface area contributed by atoms with Gasteiger partial charge in [-0.05, 0) is 6.07 Å². The van der Waals surface area contributed by atoms with Gasteiger partial charge in [-0.25, -0.2) is 0 Å². The Bertz CT molecular complexity index is 359. The zero-order chi connectivity index (χ0) is 9.84. The Morgan fingerprint density at radius 2 is 2.38 bits per heavy atom. The van der Waals surface area contributed by atoms with Crippen LogP contribution in [0.2, 0.25) is 0 Å². The maximum atomic E-state index is 11.1. The number of aromatic hydroxyl groups is 1. The van der Waals surface area contributed by atoms with Gasteiger partial charge in [0.1, 0.15) is 12.0 Å². The van der Waals surface area contributed by atoms with E-state index < -0.39 is 6.04 Å². The summed E-state index contributed by atoms with van der Waals surface area (Å²) in [6.45, 7) is 0.128. The zero-order valence-corrected chi connectivity index (χ0v) is 6.88. The SMILES string of the molecule is NC(C=O)Cn1ccc(O)cc1=O. The highest BCUT2D eigenvalue weighted by Gasteiger charge is 2.02. The summed E-state index contributed by atoms with van der Waals surface area (Å²) >= 11 is 0. The average molecular weight is 182 g/mol. The standard InChI is InChI=1S/C8H10N2O3/c9-6(5-11)4-10-2-1-7(12)3-8(10)13/h1-3,5-6,12H,4,9H2. The topological polar surface area (TPSA) is 85.3 Å². The first-order valence-corrected chi connectivity index (χ1v) is 3.74. The van der Waals surface area contributed by atoms with E-state index >= 15 is 0 Å². The maximum Gasteiger partial charge on any atom is 0.254 e. The molecule has 70 valence electrons.